The molecule has 0 N–H and O–H groups in total. The highest BCUT2D eigenvalue weighted by Gasteiger charge is 2.23. The molecular formula is C11H9BrN2S2. The maximum atomic E-state index is 9.04. The van der Waals surface area contributed by atoms with E-state index in [4.69, 9.17) is 5.26 Å². The molecule has 0 fully saturated rings. The lowest BCUT2D eigenvalue weighted by Crippen LogP contribution is -2.13. The van der Waals surface area contributed by atoms with Gasteiger partial charge in [-0.1, -0.05) is 0 Å². The van der Waals surface area contributed by atoms with Crippen LogP contribution in [0.4, 0.5) is 0 Å². The molecule has 0 saturated heterocycles. The Kier molecular flexibility index (Phi) is 3.15. The minimum atomic E-state index is -0.511. The topological polar surface area (TPSA) is 36.7 Å². The van der Waals surface area contributed by atoms with Crippen LogP contribution in [0.3, 0.4) is 0 Å². The average Bonchev–Trinajstić information content (AvgIpc) is 2.85. The maximum absolute atomic E-state index is 9.04. The van der Waals surface area contributed by atoms with E-state index in [1.807, 2.05) is 30.7 Å². The van der Waals surface area contributed by atoms with Gasteiger partial charge in [-0.15, -0.1) is 22.7 Å². The molecule has 0 aromatic carbocycles. The van der Waals surface area contributed by atoms with Crippen LogP contribution in [0.1, 0.15) is 19.5 Å². The minimum Gasteiger partial charge on any atom is -0.239 e. The zero-order valence-electron chi connectivity index (χ0n) is 8.82. The number of hydrogen-bond acceptors (Lipinski definition) is 4. The van der Waals surface area contributed by atoms with Crippen molar-refractivity contribution in [3.05, 3.63) is 27.0 Å². The number of aromatic nitrogens is 1. The molecule has 2 heterocycles. The lowest BCUT2D eigenvalue weighted by molar-refractivity contribution is 0.666. The molecule has 0 bridgehead atoms. The van der Waals surface area contributed by atoms with Gasteiger partial charge in [0.1, 0.15) is 5.01 Å². The summed E-state index contributed by atoms with van der Waals surface area (Å²) in [4.78, 5) is 5.66. The number of hydrogen-bond donors (Lipinski definition) is 0. The van der Waals surface area contributed by atoms with Gasteiger partial charge in [0, 0.05) is 15.2 Å². The van der Waals surface area contributed by atoms with E-state index in [-0.39, 0.29) is 0 Å². The Morgan fingerprint density at radius 1 is 1.38 bits per heavy atom. The fourth-order valence-electron chi connectivity index (χ4n) is 1.16. The third kappa shape index (κ3) is 2.19. The van der Waals surface area contributed by atoms with Crippen LogP contribution in [0, 0.1) is 11.3 Å². The third-order valence-electron chi connectivity index (χ3n) is 2.20. The second kappa shape index (κ2) is 4.28. The molecule has 5 heteroatoms. The van der Waals surface area contributed by atoms with Gasteiger partial charge >= 0.3 is 0 Å². The fourth-order valence-corrected chi connectivity index (χ4v) is 3.65. The average molecular weight is 313 g/mol. The molecule has 0 aliphatic carbocycles. The van der Waals surface area contributed by atoms with E-state index in [1.165, 1.54) is 0 Å². The third-order valence-corrected chi connectivity index (χ3v) is 4.90. The SMILES string of the molecule is CC(C)(C#N)c1csc(-c2cc(Br)cs2)n1. The van der Waals surface area contributed by atoms with E-state index < -0.39 is 5.41 Å². The molecule has 0 unspecified atom stereocenters. The van der Waals surface area contributed by atoms with E-state index in [9.17, 15) is 0 Å². The molecule has 2 nitrogen and oxygen atoms in total. The zero-order valence-corrected chi connectivity index (χ0v) is 12.0. The molecule has 0 aliphatic heterocycles. The van der Waals surface area contributed by atoms with Crippen molar-refractivity contribution in [2.75, 3.05) is 0 Å². The molecule has 0 amide bonds. The lowest BCUT2D eigenvalue weighted by Gasteiger charge is -2.10. The van der Waals surface area contributed by atoms with Crippen LogP contribution in [-0.4, -0.2) is 4.98 Å². The summed E-state index contributed by atoms with van der Waals surface area (Å²) >= 11 is 6.66. The molecule has 2 aromatic heterocycles. The Balaban J connectivity index is 2.38. The highest BCUT2D eigenvalue weighted by Crippen LogP contribution is 2.34. The van der Waals surface area contributed by atoms with Crippen molar-refractivity contribution in [2.45, 2.75) is 19.3 Å². The number of nitrogens with zero attached hydrogens (tertiary/aromatic N) is 2. The minimum absolute atomic E-state index is 0.511. The number of rotatable bonds is 2. The van der Waals surface area contributed by atoms with Crippen LogP contribution in [0.5, 0.6) is 0 Å². The van der Waals surface area contributed by atoms with Crippen molar-refractivity contribution in [3.8, 4) is 16.0 Å². The van der Waals surface area contributed by atoms with Gasteiger partial charge in [-0.05, 0) is 35.8 Å². The smallest absolute Gasteiger partial charge is 0.133 e. The Morgan fingerprint density at radius 3 is 2.69 bits per heavy atom. The molecule has 82 valence electrons. The van der Waals surface area contributed by atoms with Crippen molar-refractivity contribution >= 4 is 38.6 Å². The molecule has 0 spiro atoms. The first-order valence-corrected chi connectivity index (χ1v) is 7.20. The summed E-state index contributed by atoms with van der Waals surface area (Å²) in [5, 5.41) is 14.0. The van der Waals surface area contributed by atoms with Crippen molar-refractivity contribution in [2.24, 2.45) is 0 Å². The summed E-state index contributed by atoms with van der Waals surface area (Å²) in [6.07, 6.45) is 0. The number of halogens is 1. The fraction of sp³-hybridized carbons (Fsp3) is 0.273. The Hall–Kier alpha value is -0.700. The largest absolute Gasteiger partial charge is 0.239 e. The van der Waals surface area contributed by atoms with Crippen molar-refractivity contribution in [3.63, 3.8) is 0 Å². The van der Waals surface area contributed by atoms with E-state index in [0.717, 1.165) is 20.1 Å². The summed E-state index contributed by atoms with van der Waals surface area (Å²) in [6, 6.07) is 4.31. The normalized spacial score (nSPS) is 11.4. The van der Waals surface area contributed by atoms with E-state index in [0.29, 0.717) is 0 Å². The van der Waals surface area contributed by atoms with Crippen LogP contribution >= 0.6 is 38.6 Å². The number of thiazole rings is 1. The molecular weight excluding hydrogens is 304 g/mol. The molecule has 16 heavy (non-hydrogen) atoms. The molecule has 0 aliphatic rings. The molecule has 2 aromatic rings. The van der Waals surface area contributed by atoms with Crippen LogP contribution in [0.2, 0.25) is 0 Å². The number of nitriles is 1. The van der Waals surface area contributed by atoms with Crippen LogP contribution < -0.4 is 0 Å². The highest BCUT2D eigenvalue weighted by atomic mass is 79.9. The first-order valence-electron chi connectivity index (χ1n) is 4.64. The van der Waals surface area contributed by atoms with Gasteiger partial charge in [-0.2, -0.15) is 5.26 Å². The summed E-state index contributed by atoms with van der Waals surface area (Å²) in [7, 11) is 0. The monoisotopic (exact) mass is 312 g/mol. The Labute approximate surface area is 111 Å². The maximum Gasteiger partial charge on any atom is 0.133 e. The van der Waals surface area contributed by atoms with Gasteiger partial charge in [-0.25, -0.2) is 4.98 Å². The highest BCUT2D eigenvalue weighted by molar-refractivity contribution is 9.10. The standard InChI is InChI=1S/C11H9BrN2S2/c1-11(2,6-13)9-5-16-10(14-9)8-3-7(12)4-15-8/h3-5H,1-2H3. The van der Waals surface area contributed by atoms with Crippen LogP contribution in [0.15, 0.2) is 21.3 Å². The van der Waals surface area contributed by atoms with Gasteiger partial charge in [0.05, 0.1) is 22.1 Å². The van der Waals surface area contributed by atoms with E-state index in [1.54, 1.807) is 22.7 Å². The Morgan fingerprint density at radius 2 is 2.12 bits per heavy atom. The van der Waals surface area contributed by atoms with E-state index in [2.05, 4.69) is 27.0 Å². The van der Waals surface area contributed by atoms with Crippen molar-refractivity contribution in [1.29, 1.82) is 5.26 Å². The van der Waals surface area contributed by atoms with Gasteiger partial charge < -0.3 is 0 Å². The van der Waals surface area contributed by atoms with Crippen molar-refractivity contribution < 1.29 is 0 Å². The van der Waals surface area contributed by atoms with Gasteiger partial charge in [0.25, 0.3) is 0 Å². The second-order valence-electron chi connectivity index (χ2n) is 3.90. The van der Waals surface area contributed by atoms with E-state index >= 15 is 0 Å². The summed E-state index contributed by atoms with van der Waals surface area (Å²) in [5.74, 6) is 0. The quantitative estimate of drug-likeness (QED) is 0.822. The van der Waals surface area contributed by atoms with Crippen LogP contribution in [0.25, 0.3) is 9.88 Å². The Bertz CT molecular complexity index is 548. The second-order valence-corrected chi connectivity index (χ2v) is 6.59. The van der Waals surface area contributed by atoms with Crippen molar-refractivity contribution in [1.82, 2.24) is 4.98 Å². The van der Waals surface area contributed by atoms with Crippen LogP contribution in [-0.2, 0) is 5.41 Å². The molecule has 0 radical (unpaired) electrons. The van der Waals surface area contributed by atoms with Gasteiger partial charge in [0.2, 0.25) is 0 Å². The van der Waals surface area contributed by atoms with Gasteiger partial charge in [-0.3, -0.25) is 0 Å². The number of thiophene rings is 1. The molecule has 0 saturated carbocycles. The first-order chi connectivity index (χ1) is 7.53. The summed E-state index contributed by atoms with van der Waals surface area (Å²) in [5.41, 5.74) is 0.336. The molecule has 2 rings (SSSR count). The van der Waals surface area contributed by atoms with Gasteiger partial charge in [0.15, 0.2) is 0 Å². The predicted octanol–water partition coefficient (Wildman–Crippen LogP) is 4.44. The summed E-state index contributed by atoms with van der Waals surface area (Å²) in [6.45, 7) is 3.77. The summed E-state index contributed by atoms with van der Waals surface area (Å²) < 4.78 is 1.07. The zero-order chi connectivity index (χ0) is 11.8. The lowest BCUT2D eigenvalue weighted by atomic mass is 9.92. The first kappa shape index (κ1) is 11.8. The predicted molar refractivity (Wildman–Crippen MR) is 71.8 cm³/mol. The molecule has 0 atom stereocenters.